The molecule has 3 heteroatoms. The maximum atomic E-state index is 11.8. The molecule has 3 nitrogen and oxygen atoms in total. The first-order chi connectivity index (χ1) is 6.88. The van der Waals surface area contributed by atoms with E-state index in [9.17, 15) is 9.59 Å². The Balaban J connectivity index is 2.36. The molecule has 0 aliphatic carbocycles. The quantitative estimate of drug-likeness (QED) is 0.700. The van der Waals surface area contributed by atoms with Gasteiger partial charge in [0.25, 0.3) is 0 Å². The third-order valence-corrected chi connectivity index (χ3v) is 2.69. The first-order valence-electron chi connectivity index (χ1n) is 5.68. The molecule has 0 aromatic rings. The fourth-order valence-corrected chi connectivity index (χ4v) is 1.69. The average molecular weight is 211 g/mol. The zero-order chi connectivity index (χ0) is 11.5. The van der Waals surface area contributed by atoms with Crippen molar-refractivity contribution in [3.05, 3.63) is 0 Å². The van der Waals surface area contributed by atoms with Gasteiger partial charge < -0.3 is 4.90 Å². The second-order valence-corrected chi connectivity index (χ2v) is 5.52. The molecule has 1 aliphatic heterocycles. The van der Waals surface area contributed by atoms with E-state index in [1.807, 2.05) is 0 Å². The number of piperidine rings is 1. The van der Waals surface area contributed by atoms with Gasteiger partial charge in [-0.15, -0.1) is 0 Å². The van der Waals surface area contributed by atoms with E-state index >= 15 is 0 Å². The van der Waals surface area contributed by atoms with E-state index in [1.54, 1.807) is 4.90 Å². The van der Waals surface area contributed by atoms with E-state index < -0.39 is 0 Å². The highest BCUT2D eigenvalue weighted by molar-refractivity contribution is 5.87. The van der Waals surface area contributed by atoms with E-state index in [0.717, 1.165) is 19.4 Å². The van der Waals surface area contributed by atoms with Gasteiger partial charge in [-0.1, -0.05) is 20.8 Å². The zero-order valence-corrected chi connectivity index (χ0v) is 10.0. The van der Waals surface area contributed by atoms with Gasteiger partial charge in [0.05, 0.1) is 6.54 Å². The van der Waals surface area contributed by atoms with Crippen LogP contribution < -0.4 is 0 Å². The molecule has 0 saturated carbocycles. The predicted molar refractivity (Wildman–Crippen MR) is 59.5 cm³/mol. The molecule has 1 fully saturated rings. The van der Waals surface area contributed by atoms with Crippen LogP contribution in [0, 0.1) is 5.41 Å². The van der Waals surface area contributed by atoms with E-state index in [2.05, 4.69) is 20.8 Å². The number of carbonyl (C=O) groups is 2. The molecule has 1 rings (SSSR count). The molecule has 86 valence electrons. The van der Waals surface area contributed by atoms with Crippen LogP contribution in [0.15, 0.2) is 0 Å². The van der Waals surface area contributed by atoms with Crippen molar-refractivity contribution in [2.24, 2.45) is 5.41 Å². The number of hydrogen-bond acceptors (Lipinski definition) is 2. The number of likely N-dealkylation sites (tertiary alicyclic amines) is 1. The predicted octanol–water partition coefficient (Wildman–Crippen LogP) is 2.00. The third-order valence-electron chi connectivity index (χ3n) is 2.69. The summed E-state index contributed by atoms with van der Waals surface area (Å²) in [4.78, 5) is 24.7. The standard InChI is InChI=1S/C12H21NO2/c1-12(2,3)7-6-11(15)13-8-4-5-10(14)9-13/h4-9H2,1-3H3. The van der Waals surface area contributed by atoms with Gasteiger partial charge in [0.2, 0.25) is 5.91 Å². The van der Waals surface area contributed by atoms with Gasteiger partial charge in [-0.25, -0.2) is 0 Å². The molecule has 0 spiro atoms. The van der Waals surface area contributed by atoms with E-state index in [0.29, 0.717) is 19.4 Å². The van der Waals surface area contributed by atoms with E-state index in [1.165, 1.54) is 0 Å². The molecule has 1 heterocycles. The Morgan fingerprint density at radius 1 is 1.40 bits per heavy atom. The molecule has 1 aliphatic rings. The van der Waals surface area contributed by atoms with Gasteiger partial charge in [-0.05, 0) is 18.3 Å². The largest absolute Gasteiger partial charge is 0.335 e. The Hall–Kier alpha value is -0.860. The normalized spacial score (nSPS) is 18.1. The highest BCUT2D eigenvalue weighted by Gasteiger charge is 2.22. The maximum absolute atomic E-state index is 11.8. The van der Waals surface area contributed by atoms with Crippen LogP contribution in [0.3, 0.4) is 0 Å². The van der Waals surface area contributed by atoms with Crippen molar-refractivity contribution >= 4 is 11.7 Å². The molecule has 0 atom stereocenters. The second kappa shape index (κ2) is 4.77. The first-order valence-corrected chi connectivity index (χ1v) is 5.68. The van der Waals surface area contributed by atoms with Crippen LogP contribution in [-0.2, 0) is 9.59 Å². The summed E-state index contributed by atoms with van der Waals surface area (Å²) in [5, 5.41) is 0. The summed E-state index contributed by atoms with van der Waals surface area (Å²) < 4.78 is 0. The number of hydrogen-bond donors (Lipinski definition) is 0. The summed E-state index contributed by atoms with van der Waals surface area (Å²) in [6, 6.07) is 0. The molecule has 0 aromatic carbocycles. The smallest absolute Gasteiger partial charge is 0.222 e. The minimum absolute atomic E-state index is 0.137. The summed E-state index contributed by atoms with van der Waals surface area (Å²) in [6.07, 6.45) is 2.93. The van der Waals surface area contributed by atoms with Gasteiger partial charge in [0, 0.05) is 19.4 Å². The molecule has 1 amide bonds. The van der Waals surface area contributed by atoms with E-state index in [4.69, 9.17) is 0 Å². The van der Waals surface area contributed by atoms with Crippen molar-refractivity contribution in [2.45, 2.75) is 46.5 Å². The number of amides is 1. The highest BCUT2D eigenvalue weighted by Crippen LogP contribution is 2.21. The fraction of sp³-hybridized carbons (Fsp3) is 0.833. The Bertz CT molecular complexity index is 253. The molecule has 0 bridgehead atoms. The molecule has 15 heavy (non-hydrogen) atoms. The summed E-state index contributed by atoms with van der Waals surface area (Å²) in [5.74, 6) is 0.336. The molecule has 1 saturated heterocycles. The van der Waals surface area contributed by atoms with Gasteiger partial charge in [-0.2, -0.15) is 0 Å². The highest BCUT2D eigenvalue weighted by atomic mass is 16.2. The van der Waals surface area contributed by atoms with Crippen molar-refractivity contribution in [1.82, 2.24) is 4.90 Å². The number of carbonyl (C=O) groups excluding carboxylic acids is 2. The van der Waals surface area contributed by atoms with Crippen LogP contribution in [0.1, 0.15) is 46.5 Å². The van der Waals surface area contributed by atoms with Crippen LogP contribution in [0.25, 0.3) is 0 Å². The minimum atomic E-state index is 0.137. The Labute approximate surface area is 91.8 Å². The molecule has 0 N–H and O–H groups in total. The molecular weight excluding hydrogens is 190 g/mol. The lowest BCUT2D eigenvalue weighted by Crippen LogP contribution is -2.40. The van der Waals surface area contributed by atoms with Gasteiger partial charge in [0.1, 0.15) is 0 Å². The van der Waals surface area contributed by atoms with Crippen LogP contribution >= 0.6 is 0 Å². The van der Waals surface area contributed by atoms with Crippen LogP contribution in [-0.4, -0.2) is 29.7 Å². The third kappa shape index (κ3) is 4.45. The second-order valence-electron chi connectivity index (χ2n) is 5.52. The topological polar surface area (TPSA) is 37.4 Å². The average Bonchev–Trinajstić information content (AvgIpc) is 2.13. The Kier molecular flexibility index (Phi) is 3.89. The molecule has 0 unspecified atom stereocenters. The SMILES string of the molecule is CC(C)(C)CCC(=O)N1CCCC(=O)C1. The van der Waals surface area contributed by atoms with Crippen molar-refractivity contribution in [3.63, 3.8) is 0 Å². The van der Waals surface area contributed by atoms with Crippen molar-refractivity contribution in [3.8, 4) is 0 Å². The number of rotatable bonds is 2. The summed E-state index contributed by atoms with van der Waals surface area (Å²) in [7, 11) is 0. The summed E-state index contributed by atoms with van der Waals surface area (Å²) >= 11 is 0. The lowest BCUT2D eigenvalue weighted by atomic mass is 9.90. The summed E-state index contributed by atoms with van der Waals surface area (Å²) in [6.45, 7) is 7.47. The first kappa shape index (κ1) is 12.2. The Morgan fingerprint density at radius 3 is 2.60 bits per heavy atom. The van der Waals surface area contributed by atoms with Gasteiger partial charge in [0.15, 0.2) is 5.78 Å². The van der Waals surface area contributed by atoms with Crippen LogP contribution in [0.2, 0.25) is 0 Å². The number of nitrogens with zero attached hydrogens (tertiary/aromatic N) is 1. The Morgan fingerprint density at radius 2 is 2.07 bits per heavy atom. The minimum Gasteiger partial charge on any atom is -0.335 e. The van der Waals surface area contributed by atoms with Crippen LogP contribution in [0.5, 0.6) is 0 Å². The van der Waals surface area contributed by atoms with Gasteiger partial charge >= 0.3 is 0 Å². The molecule has 0 aromatic heterocycles. The zero-order valence-electron chi connectivity index (χ0n) is 10.0. The number of ketones is 1. The fourth-order valence-electron chi connectivity index (χ4n) is 1.69. The van der Waals surface area contributed by atoms with Crippen molar-refractivity contribution in [1.29, 1.82) is 0 Å². The molecule has 0 radical (unpaired) electrons. The maximum Gasteiger partial charge on any atom is 0.222 e. The lowest BCUT2D eigenvalue weighted by Gasteiger charge is -2.27. The molecular formula is C12H21NO2. The lowest BCUT2D eigenvalue weighted by molar-refractivity contribution is -0.137. The summed E-state index contributed by atoms with van der Waals surface area (Å²) in [5.41, 5.74) is 0.190. The van der Waals surface area contributed by atoms with Gasteiger partial charge in [-0.3, -0.25) is 9.59 Å². The number of Topliss-reactive ketones (excluding diaryl/α,β-unsaturated/α-hetero) is 1. The van der Waals surface area contributed by atoms with Crippen molar-refractivity contribution in [2.75, 3.05) is 13.1 Å². The monoisotopic (exact) mass is 211 g/mol. The van der Waals surface area contributed by atoms with Crippen molar-refractivity contribution < 1.29 is 9.59 Å². The van der Waals surface area contributed by atoms with Crippen LogP contribution in [0.4, 0.5) is 0 Å². The van der Waals surface area contributed by atoms with E-state index in [-0.39, 0.29) is 17.1 Å².